The molecule has 3 unspecified atom stereocenters. The van der Waals surface area contributed by atoms with Gasteiger partial charge in [-0.25, -0.2) is 4.79 Å². The van der Waals surface area contributed by atoms with E-state index in [0.717, 1.165) is 44.3 Å². The first-order valence-corrected chi connectivity index (χ1v) is 10.8. The van der Waals surface area contributed by atoms with E-state index in [9.17, 15) is 9.59 Å². The van der Waals surface area contributed by atoms with E-state index < -0.39 is 0 Å². The third kappa shape index (κ3) is 4.85. The Bertz CT molecular complexity index is 668. The van der Waals surface area contributed by atoms with Crippen molar-refractivity contribution < 1.29 is 9.59 Å². The molecule has 3 atom stereocenters. The fourth-order valence-corrected chi connectivity index (χ4v) is 5.15. The molecule has 1 aromatic rings. The summed E-state index contributed by atoms with van der Waals surface area (Å²) in [4.78, 5) is 27.3. The Morgan fingerprint density at radius 1 is 1.04 bits per heavy atom. The van der Waals surface area contributed by atoms with E-state index in [2.05, 4.69) is 16.0 Å². The number of rotatable bonds is 5. The second-order valence-electron chi connectivity index (χ2n) is 8.62. The molecule has 3 fully saturated rings. The largest absolute Gasteiger partial charge is 0.338 e. The van der Waals surface area contributed by atoms with E-state index in [0.29, 0.717) is 31.0 Å². The van der Waals surface area contributed by atoms with Crippen LogP contribution >= 0.6 is 0 Å². The third-order valence-corrected chi connectivity index (χ3v) is 6.51. The van der Waals surface area contributed by atoms with Crippen LogP contribution < -0.4 is 16.0 Å². The van der Waals surface area contributed by atoms with Gasteiger partial charge in [0.05, 0.1) is 0 Å². The number of carbonyl (C=O) groups is 2. The van der Waals surface area contributed by atoms with Crippen LogP contribution in [0.1, 0.15) is 51.4 Å². The normalized spacial score (nSPS) is 29.4. The number of fused-ring (bicyclic) bond motifs is 2. The molecule has 3 aliphatic heterocycles. The standard InChI is InChI=1S/C22H32N4O2/c27-21(14-16-12-18-9-10-19(13-16)24-18)26-11-5-4-8-20(26)15-23-22(28)25-17-6-2-1-3-7-17/h1-3,6-7,16,18-20,24H,4-5,8-15H2,(H2,23,25,28). The number of nitrogens with zero attached hydrogens (tertiary/aromatic N) is 1. The van der Waals surface area contributed by atoms with Gasteiger partial charge in [0.2, 0.25) is 5.91 Å². The third-order valence-electron chi connectivity index (χ3n) is 6.51. The molecule has 3 aliphatic rings. The Hall–Kier alpha value is -2.08. The van der Waals surface area contributed by atoms with Crippen LogP contribution in [-0.2, 0) is 4.79 Å². The molecular weight excluding hydrogens is 352 g/mol. The van der Waals surface area contributed by atoms with E-state index in [-0.39, 0.29) is 18.0 Å². The van der Waals surface area contributed by atoms with Crippen LogP contribution in [0.5, 0.6) is 0 Å². The van der Waals surface area contributed by atoms with Crippen molar-refractivity contribution in [3.8, 4) is 0 Å². The predicted molar refractivity (Wildman–Crippen MR) is 110 cm³/mol. The van der Waals surface area contributed by atoms with Crippen molar-refractivity contribution in [1.29, 1.82) is 0 Å². The Morgan fingerprint density at radius 3 is 2.54 bits per heavy atom. The monoisotopic (exact) mass is 384 g/mol. The number of benzene rings is 1. The van der Waals surface area contributed by atoms with Gasteiger partial charge in [0, 0.05) is 43.3 Å². The van der Waals surface area contributed by atoms with Crippen molar-refractivity contribution >= 4 is 17.6 Å². The fourth-order valence-electron chi connectivity index (χ4n) is 5.15. The van der Waals surface area contributed by atoms with E-state index in [1.54, 1.807) is 0 Å². The minimum absolute atomic E-state index is 0.112. The van der Waals surface area contributed by atoms with E-state index >= 15 is 0 Å². The van der Waals surface area contributed by atoms with Crippen molar-refractivity contribution in [3.05, 3.63) is 30.3 Å². The molecule has 0 radical (unpaired) electrons. The van der Waals surface area contributed by atoms with Crippen LogP contribution in [0, 0.1) is 5.92 Å². The van der Waals surface area contributed by atoms with Gasteiger partial charge in [0.1, 0.15) is 0 Å². The summed E-state index contributed by atoms with van der Waals surface area (Å²) in [5.41, 5.74) is 0.775. The summed E-state index contributed by atoms with van der Waals surface area (Å²) in [7, 11) is 0. The number of hydrogen-bond acceptors (Lipinski definition) is 3. The van der Waals surface area contributed by atoms with Crippen LogP contribution in [0.3, 0.4) is 0 Å². The second-order valence-corrected chi connectivity index (χ2v) is 8.62. The minimum Gasteiger partial charge on any atom is -0.338 e. The molecule has 6 heteroatoms. The molecule has 3 amide bonds. The summed E-state index contributed by atoms with van der Waals surface area (Å²) >= 11 is 0. The first kappa shape index (κ1) is 19.2. The highest BCUT2D eigenvalue weighted by Crippen LogP contribution is 2.33. The van der Waals surface area contributed by atoms with Crippen molar-refractivity contribution in [2.24, 2.45) is 5.92 Å². The topological polar surface area (TPSA) is 73.5 Å². The SMILES string of the molecule is O=C(NCC1CCCCN1C(=O)CC1CC2CCC(C1)N2)Nc1ccccc1. The summed E-state index contributed by atoms with van der Waals surface area (Å²) in [5.74, 6) is 0.796. The lowest BCUT2D eigenvalue weighted by molar-refractivity contribution is -0.136. The zero-order valence-electron chi connectivity index (χ0n) is 16.5. The molecule has 3 heterocycles. The second kappa shape index (κ2) is 8.95. The van der Waals surface area contributed by atoms with Gasteiger partial charge in [-0.05, 0) is 63.0 Å². The number of amides is 3. The van der Waals surface area contributed by atoms with Crippen molar-refractivity contribution in [1.82, 2.24) is 15.5 Å². The van der Waals surface area contributed by atoms with Gasteiger partial charge in [-0.3, -0.25) is 4.79 Å². The molecule has 152 valence electrons. The van der Waals surface area contributed by atoms with Crippen molar-refractivity contribution in [2.75, 3.05) is 18.4 Å². The molecule has 0 aliphatic carbocycles. The van der Waals surface area contributed by atoms with Gasteiger partial charge < -0.3 is 20.9 Å². The summed E-state index contributed by atoms with van der Waals surface area (Å²) in [6.45, 7) is 1.34. The summed E-state index contributed by atoms with van der Waals surface area (Å²) in [5, 5.41) is 9.46. The Balaban J connectivity index is 1.27. The van der Waals surface area contributed by atoms with E-state index in [1.807, 2.05) is 35.2 Å². The first-order chi connectivity index (χ1) is 13.7. The zero-order chi connectivity index (χ0) is 19.3. The average molecular weight is 385 g/mol. The lowest BCUT2D eigenvalue weighted by Gasteiger charge is -2.37. The molecule has 2 bridgehead atoms. The van der Waals surface area contributed by atoms with Gasteiger partial charge in [-0.2, -0.15) is 0 Å². The predicted octanol–water partition coefficient (Wildman–Crippen LogP) is 3.11. The molecule has 0 aromatic heterocycles. The summed E-state index contributed by atoms with van der Waals surface area (Å²) < 4.78 is 0. The number of urea groups is 1. The highest BCUT2D eigenvalue weighted by atomic mass is 16.2. The number of hydrogen-bond donors (Lipinski definition) is 3. The maximum absolute atomic E-state index is 13.0. The van der Waals surface area contributed by atoms with Gasteiger partial charge in [0.15, 0.2) is 0 Å². The lowest BCUT2D eigenvalue weighted by atomic mass is 9.88. The number of para-hydroxylation sites is 1. The number of nitrogens with one attached hydrogen (secondary N) is 3. The molecule has 28 heavy (non-hydrogen) atoms. The van der Waals surface area contributed by atoms with E-state index in [1.165, 1.54) is 12.8 Å². The van der Waals surface area contributed by atoms with Crippen LogP contribution in [0.4, 0.5) is 10.5 Å². The number of carbonyl (C=O) groups excluding carboxylic acids is 2. The van der Waals surface area contributed by atoms with Crippen LogP contribution in [0.15, 0.2) is 30.3 Å². The van der Waals surface area contributed by atoms with Gasteiger partial charge in [0.25, 0.3) is 0 Å². The Labute approximate surface area is 167 Å². The van der Waals surface area contributed by atoms with Crippen molar-refractivity contribution in [2.45, 2.75) is 69.5 Å². The minimum atomic E-state index is -0.209. The molecule has 3 N–H and O–H groups in total. The van der Waals surface area contributed by atoms with Crippen LogP contribution in [0.2, 0.25) is 0 Å². The molecule has 0 saturated carbocycles. The molecule has 4 rings (SSSR count). The van der Waals surface area contributed by atoms with E-state index in [4.69, 9.17) is 0 Å². The molecule has 6 nitrogen and oxygen atoms in total. The van der Waals surface area contributed by atoms with Gasteiger partial charge >= 0.3 is 6.03 Å². The average Bonchev–Trinajstić information content (AvgIpc) is 3.05. The summed E-state index contributed by atoms with van der Waals surface area (Å²) in [6, 6.07) is 10.6. The smallest absolute Gasteiger partial charge is 0.319 e. The maximum atomic E-state index is 13.0. The van der Waals surface area contributed by atoms with Crippen molar-refractivity contribution in [3.63, 3.8) is 0 Å². The highest BCUT2D eigenvalue weighted by Gasteiger charge is 2.36. The fraction of sp³-hybridized carbons (Fsp3) is 0.636. The van der Waals surface area contributed by atoms with Gasteiger partial charge in [-0.15, -0.1) is 0 Å². The highest BCUT2D eigenvalue weighted by molar-refractivity contribution is 5.89. The molecule has 0 spiro atoms. The quantitative estimate of drug-likeness (QED) is 0.730. The van der Waals surface area contributed by atoms with Gasteiger partial charge in [-0.1, -0.05) is 18.2 Å². The number of anilines is 1. The first-order valence-electron chi connectivity index (χ1n) is 10.8. The van der Waals surface area contributed by atoms with Crippen LogP contribution in [-0.4, -0.2) is 48.1 Å². The Kier molecular flexibility index (Phi) is 6.15. The summed E-state index contributed by atoms with van der Waals surface area (Å²) in [6.07, 6.45) is 8.63. The van der Waals surface area contributed by atoms with Crippen LogP contribution in [0.25, 0.3) is 0 Å². The number of likely N-dealkylation sites (tertiary alicyclic amines) is 1. The number of piperidine rings is 2. The Morgan fingerprint density at radius 2 is 1.79 bits per heavy atom. The zero-order valence-corrected chi connectivity index (χ0v) is 16.5. The molecule has 3 saturated heterocycles. The lowest BCUT2D eigenvalue weighted by Crippen LogP contribution is -2.50. The molecule has 1 aromatic carbocycles. The maximum Gasteiger partial charge on any atom is 0.319 e. The molecular formula is C22H32N4O2.